The molecule has 3 heterocycles. The third-order valence-corrected chi connectivity index (χ3v) is 8.92. The quantitative estimate of drug-likeness (QED) is 0.526. The van der Waals surface area contributed by atoms with Crippen molar-refractivity contribution in [3.05, 3.63) is 59.9 Å². The number of pyridine rings is 1. The van der Waals surface area contributed by atoms with E-state index < -0.39 is 0 Å². The van der Waals surface area contributed by atoms with E-state index in [0.29, 0.717) is 12.5 Å². The van der Waals surface area contributed by atoms with E-state index in [4.69, 9.17) is 4.74 Å². The van der Waals surface area contributed by atoms with E-state index in [1.165, 1.54) is 49.7 Å². The lowest BCUT2D eigenvalue weighted by atomic mass is 9.73. The van der Waals surface area contributed by atoms with Gasteiger partial charge in [-0.3, -0.25) is 14.7 Å². The second-order valence-electron chi connectivity index (χ2n) is 11.4. The molecule has 1 saturated heterocycles. The number of hydrogen-bond donors (Lipinski definition) is 0. The highest BCUT2D eigenvalue weighted by atomic mass is 16.5. The molecule has 36 heavy (non-hydrogen) atoms. The Kier molecular flexibility index (Phi) is 8.58. The lowest BCUT2D eigenvalue weighted by molar-refractivity contribution is -0.134. The smallest absolute Gasteiger partial charge is 0.222 e. The molecule has 2 aliphatic heterocycles. The van der Waals surface area contributed by atoms with Crippen LogP contribution in [0.5, 0.6) is 5.75 Å². The van der Waals surface area contributed by atoms with E-state index in [-0.39, 0.29) is 5.41 Å². The van der Waals surface area contributed by atoms with Crippen molar-refractivity contribution in [2.75, 3.05) is 32.8 Å². The molecule has 0 radical (unpaired) electrons. The fourth-order valence-corrected chi connectivity index (χ4v) is 6.37. The molecule has 1 amide bonds. The van der Waals surface area contributed by atoms with Crippen molar-refractivity contribution in [1.82, 2.24) is 14.8 Å². The summed E-state index contributed by atoms with van der Waals surface area (Å²) in [5.41, 5.74) is 2.91. The van der Waals surface area contributed by atoms with Crippen LogP contribution in [-0.4, -0.2) is 53.5 Å². The molecule has 5 rings (SSSR count). The minimum atomic E-state index is 0.274. The molecule has 1 aromatic carbocycles. The molecule has 194 valence electrons. The van der Waals surface area contributed by atoms with E-state index in [1.54, 1.807) is 0 Å². The van der Waals surface area contributed by atoms with Gasteiger partial charge in [-0.25, -0.2) is 0 Å². The summed E-state index contributed by atoms with van der Waals surface area (Å²) in [5, 5.41) is 0. The molecule has 0 unspecified atom stereocenters. The third kappa shape index (κ3) is 6.67. The van der Waals surface area contributed by atoms with E-state index >= 15 is 0 Å². The van der Waals surface area contributed by atoms with Crippen molar-refractivity contribution >= 4 is 5.91 Å². The molecular formula is C31H43N3O2. The summed E-state index contributed by atoms with van der Waals surface area (Å²) in [4.78, 5) is 21.9. The summed E-state index contributed by atoms with van der Waals surface area (Å²) < 4.78 is 6.31. The van der Waals surface area contributed by atoms with Crippen LogP contribution in [0.1, 0.15) is 75.3 Å². The Bertz CT molecular complexity index is 967. The first kappa shape index (κ1) is 25.3. The van der Waals surface area contributed by atoms with Crippen molar-refractivity contribution in [3.63, 3.8) is 0 Å². The number of amides is 1. The van der Waals surface area contributed by atoms with Crippen LogP contribution in [0, 0.1) is 11.3 Å². The van der Waals surface area contributed by atoms with Crippen LogP contribution >= 0.6 is 0 Å². The highest BCUT2D eigenvalue weighted by Crippen LogP contribution is 2.39. The van der Waals surface area contributed by atoms with Gasteiger partial charge in [0.1, 0.15) is 12.4 Å². The maximum Gasteiger partial charge on any atom is 0.222 e. The summed E-state index contributed by atoms with van der Waals surface area (Å²) in [5.74, 6) is 2.25. The zero-order valence-electron chi connectivity index (χ0n) is 21.9. The number of fused-ring (bicyclic) bond motifs is 1. The molecule has 1 saturated carbocycles. The highest BCUT2D eigenvalue weighted by Gasteiger charge is 2.37. The summed E-state index contributed by atoms with van der Waals surface area (Å²) >= 11 is 0. The van der Waals surface area contributed by atoms with Crippen molar-refractivity contribution in [2.45, 2.75) is 77.2 Å². The zero-order valence-corrected chi connectivity index (χ0v) is 21.9. The van der Waals surface area contributed by atoms with E-state index in [1.807, 2.05) is 12.4 Å². The number of hydrogen-bond acceptors (Lipinski definition) is 4. The van der Waals surface area contributed by atoms with Crippen LogP contribution < -0.4 is 4.74 Å². The molecule has 0 atom stereocenters. The summed E-state index contributed by atoms with van der Waals surface area (Å²) in [7, 11) is 0. The maximum atomic E-state index is 12.9. The summed E-state index contributed by atoms with van der Waals surface area (Å²) in [6, 6.07) is 12.8. The minimum Gasteiger partial charge on any atom is -0.492 e. The van der Waals surface area contributed by atoms with Crippen LogP contribution in [0.25, 0.3) is 0 Å². The van der Waals surface area contributed by atoms with Crippen molar-refractivity contribution in [1.29, 1.82) is 0 Å². The van der Waals surface area contributed by atoms with Crippen LogP contribution in [0.15, 0.2) is 48.8 Å². The number of likely N-dealkylation sites (tertiary alicyclic amines) is 1. The van der Waals surface area contributed by atoms with Gasteiger partial charge in [-0.15, -0.1) is 0 Å². The third-order valence-electron chi connectivity index (χ3n) is 8.92. The van der Waals surface area contributed by atoms with Crippen LogP contribution in [0.4, 0.5) is 0 Å². The number of carbonyl (C=O) groups excluding carboxylic acids is 1. The normalized spacial score (nSPS) is 21.5. The standard InChI is InChI=1S/C31H43N3O2/c35-30(12-11-26-6-5-7-26)34-20-16-31(17-21-34)15-4-3-9-28-8-1-2-10-29(28)36-23-22-33(25-31)24-27-13-18-32-19-14-27/h1-2,8,10,13-14,18-19,26H,3-7,9,11-12,15-17,20-25H2. The number of benzene rings is 1. The van der Waals surface area contributed by atoms with E-state index in [0.717, 1.165) is 76.5 Å². The SMILES string of the molecule is O=C(CCC1CCC1)N1CCC2(CCCCc3ccccc3OCCN(Cc3ccncc3)C2)CC1. The Morgan fingerprint density at radius 3 is 2.56 bits per heavy atom. The Hall–Kier alpha value is -2.40. The first-order valence-corrected chi connectivity index (χ1v) is 14.3. The molecule has 0 N–H and O–H groups in total. The van der Waals surface area contributed by atoms with Crippen LogP contribution in [-0.2, 0) is 17.8 Å². The number of para-hydroxylation sites is 1. The lowest BCUT2D eigenvalue weighted by Crippen LogP contribution is -2.48. The molecule has 0 bridgehead atoms. The Labute approximate surface area is 217 Å². The predicted molar refractivity (Wildman–Crippen MR) is 144 cm³/mol. The second-order valence-corrected chi connectivity index (χ2v) is 11.4. The van der Waals surface area contributed by atoms with Gasteiger partial charge in [0.05, 0.1) is 0 Å². The first-order chi connectivity index (χ1) is 17.7. The number of rotatable bonds is 5. The Morgan fingerprint density at radius 1 is 0.972 bits per heavy atom. The van der Waals surface area contributed by atoms with E-state index in [2.05, 4.69) is 51.2 Å². The Balaban J connectivity index is 1.26. The van der Waals surface area contributed by atoms with E-state index in [9.17, 15) is 4.79 Å². The van der Waals surface area contributed by atoms with Crippen LogP contribution in [0.2, 0.25) is 0 Å². The summed E-state index contributed by atoms with van der Waals surface area (Å²) in [6.07, 6.45) is 16.6. The van der Waals surface area contributed by atoms with Gasteiger partial charge in [-0.2, -0.15) is 0 Å². The average Bonchev–Trinajstić information content (AvgIpc) is 2.87. The van der Waals surface area contributed by atoms with Gasteiger partial charge in [-0.05, 0) is 79.2 Å². The van der Waals surface area contributed by atoms with Gasteiger partial charge in [0, 0.05) is 51.5 Å². The molecule has 1 aliphatic carbocycles. The number of ether oxygens (including phenoxy) is 1. The molecule has 2 fully saturated rings. The van der Waals surface area contributed by atoms with Gasteiger partial charge < -0.3 is 9.64 Å². The van der Waals surface area contributed by atoms with Gasteiger partial charge >= 0.3 is 0 Å². The summed E-state index contributed by atoms with van der Waals surface area (Å²) in [6.45, 7) is 5.44. The molecule has 5 heteroatoms. The molecular weight excluding hydrogens is 446 g/mol. The first-order valence-electron chi connectivity index (χ1n) is 14.3. The molecule has 1 spiro atoms. The maximum absolute atomic E-state index is 12.9. The zero-order chi connectivity index (χ0) is 24.6. The topological polar surface area (TPSA) is 45.7 Å². The molecule has 2 aromatic rings. The fourth-order valence-electron chi connectivity index (χ4n) is 6.37. The minimum absolute atomic E-state index is 0.274. The number of aromatic nitrogens is 1. The van der Waals surface area contributed by atoms with Gasteiger partial charge in [0.25, 0.3) is 0 Å². The molecule has 1 aromatic heterocycles. The number of nitrogens with zero attached hydrogens (tertiary/aromatic N) is 3. The monoisotopic (exact) mass is 489 g/mol. The van der Waals surface area contributed by atoms with Gasteiger partial charge in [-0.1, -0.05) is 43.9 Å². The number of piperidine rings is 1. The highest BCUT2D eigenvalue weighted by molar-refractivity contribution is 5.76. The fraction of sp³-hybridized carbons (Fsp3) is 0.613. The van der Waals surface area contributed by atoms with Crippen molar-refractivity contribution in [3.8, 4) is 5.75 Å². The van der Waals surface area contributed by atoms with Crippen molar-refractivity contribution < 1.29 is 9.53 Å². The number of aryl methyl sites for hydroxylation is 1. The van der Waals surface area contributed by atoms with Crippen molar-refractivity contribution in [2.24, 2.45) is 11.3 Å². The average molecular weight is 490 g/mol. The Morgan fingerprint density at radius 2 is 1.78 bits per heavy atom. The molecule has 5 nitrogen and oxygen atoms in total. The largest absolute Gasteiger partial charge is 0.492 e. The van der Waals surface area contributed by atoms with Gasteiger partial charge in [0.15, 0.2) is 0 Å². The molecule has 3 aliphatic rings. The predicted octanol–water partition coefficient (Wildman–Crippen LogP) is 5.88. The second kappa shape index (κ2) is 12.2. The number of carbonyl (C=O) groups is 1. The van der Waals surface area contributed by atoms with Gasteiger partial charge in [0.2, 0.25) is 5.91 Å². The lowest BCUT2D eigenvalue weighted by Gasteiger charge is -2.45. The van der Waals surface area contributed by atoms with Crippen LogP contribution in [0.3, 0.4) is 0 Å².